The predicted molar refractivity (Wildman–Crippen MR) is 82.9 cm³/mol. The van der Waals surface area contributed by atoms with Crippen LogP contribution >= 0.6 is 0 Å². The van der Waals surface area contributed by atoms with E-state index in [9.17, 15) is 0 Å². The minimum absolute atomic E-state index is 0.724. The second-order valence-electron chi connectivity index (χ2n) is 4.87. The smallest absolute Gasteiger partial charge is 0.172 e. The van der Waals surface area contributed by atoms with Crippen LogP contribution in [-0.2, 0) is 0 Å². The second-order valence-corrected chi connectivity index (χ2v) is 4.87. The number of benzene rings is 2. The van der Waals surface area contributed by atoms with Gasteiger partial charge in [0.05, 0.1) is 6.20 Å². The molecular formula is C16H11BN2O. The molecule has 2 aromatic carbocycles. The molecule has 0 radical (unpaired) electrons. The fourth-order valence-electron chi connectivity index (χ4n) is 2.35. The van der Waals surface area contributed by atoms with Gasteiger partial charge in [-0.25, -0.2) is 9.97 Å². The maximum absolute atomic E-state index is 5.74. The van der Waals surface area contributed by atoms with Crippen LogP contribution in [0.4, 0.5) is 0 Å². The lowest BCUT2D eigenvalue weighted by molar-refractivity contribution is 0.666. The Balaban J connectivity index is 1.97. The average molecular weight is 258 g/mol. The Morgan fingerprint density at radius 3 is 2.55 bits per heavy atom. The third-order valence-electron chi connectivity index (χ3n) is 3.43. The highest BCUT2D eigenvalue weighted by Gasteiger charge is 2.10. The Hall–Kier alpha value is -2.62. The number of aromatic nitrogens is 2. The SMILES string of the molecule is Bc1ccc(-c2ncc3oc4ccccc4c3n2)cc1. The molecule has 2 aromatic heterocycles. The Labute approximate surface area is 116 Å². The van der Waals surface area contributed by atoms with Crippen molar-refractivity contribution >= 4 is 35.4 Å². The van der Waals surface area contributed by atoms with Crippen molar-refractivity contribution in [1.29, 1.82) is 0 Å². The van der Waals surface area contributed by atoms with Crippen molar-refractivity contribution in [2.75, 3.05) is 0 Å². The molecule has 0 bridgehead atoms. The predicted octanol–water partition coefficient (Wildman–Crippen LogP) is 2.30. The molecule has 2 heterocycles. The summed E-state index contributed by atoms with van der Waals surface area (Å²) in [5.41, 5.74) is 4.68. The number of furan rings is 1. The molecule has 0 amide bonds. The van der Waals surface area contributed by atoms with Gasteiger partial charge in [-0.2, -0.15) is 0 Å². The molecule has 4 heteroatoms. The summed E-state index contributed by atoms with van der Waals surface area (Å²) in [4.78, 5) is 9.06. The van der Waals surface area contributed by atoms with Gasteiger partial charge in [0.1, 0.15) is 18.9 Å². The minimum Gasteiger partial charge on any atom is -0.453 e. The zero-order valence-electron chi connectivity index (χ0n) is 11.0. The first-order valence-corrected chi connectivity index (χ1v) is 6.52. The van der Waals surface area contributed by atoms with Crippen LogP contribution in [0.25, 0.3) is 33.5 Å². The third kappa shape index (κ3) is 1.69. The van der Waals surface area contributed by atoms with Gasteiger partial charge in [0.25, 0.3) is 0 Å². The van der Waals surface area contributed by atoms with Crippen molar-refractivity contribution in [3.8, 4) is 11.4 Å². The molecule has 3 nitrogen and oxygen atoms in total. The van der Waals surface area contributed by atoms with Gasteiger partial charge in [-0.1, -0.05) is 41.9 Å². The molecule has 0 saturated heterocycles. The van der Waals surface area contributed by atoms with Crippen LogP contribution in [0.15, 0.2) is 59.1 Å². The van der Waals surface area contributed by atoms with Gasteiger partial charge in [0.15, 0.2) is 11.4 Å². The summed E-state index contributed by atoms with van der Waals surface area (Å²) in [7, 11) is 2.07. The zero-order chi connectivity index (χ0) is 13.5. The molecular weight excluding hydrogens is 247 g/mol. The van der Waals surface area contributed by atoms with Crippen molar-refractivity contribution in [3.05, 3.63) is 54.7 Å². The highest BCUT2D eigenvalue weighted by atomic mass is 16.3. The highest BCUT2D eigenvalue weighted by molar-refractivity contribution is 6.32. The van der Waals surface area contributed by atoms with Gasteiger partial charge in [0.2, 0.25) is 0 Å². The summed E-state index contributed by atoms with van der Waals surface area (Å²) >= 11 is 0. The Bertz CT molecular complexity index is 913. The van der Waals surface area contributed by atoms with Gasteiger partial charge in [-0.3, -0.25) is 0 Å². The standard InChI is InChI=1S/C16H11BN2O/c17-11-7-5-10(6-8-11)16-18-9-14-15(19-16)12-3-1-2-4-13(12)20-14/h1-9H,17H2. The van der Waals surface area contributed by atoms with Crippen LogP contribution in [0.1, 0.15) is 0 Å². The van der Waals surface area contributed by atoms with E-state index in [0.717, 1.165) is 33.5 Å². The minimum atomic E-state index is 0.724. The van der Waals surface area contributed by atoms with Gasteiger partial charge < -0.3 is 4.42 Å². The van der Waals surface area contributed by atoms with Crippen molar-refractivity contribution < 1.29 is 4.42 Å². The topological polar surface area (TPSA) is 38.9 Å². The molecule has 0 aliphatic carbocycles. The molecule has 4 aromatic rings. The zero-order valence-corrected chi connectivity index (χ0v) is 11.0. The molecule has 0 spiro atoms. The molecule has 94 valence electrons. The second kappa shape index (κ2) is 4.20. The lowest BCUT2D eigenvalue weighted by Gasteiger charge is -2.00. The first-order valence-electron chi connectivity index (χ1n) is 6.52. The first-order chi connectivity index (χ1) is 9.81. The molecule has 0 aliphatic heterocycles. The summed E-state index contributed by atoms with van der Waals surface area (Å²) in [6.07, 6.45) is 1.75. The van der Waals surface area contributed by atoms with Crippen LogP contribution in [-0.4, -0.2) is 17.8 Å². The van der Waals surface area contributed by atoms with Crippen LogP contribution in [0.5, 0.6) is 0 Å². The maximum atomic E-state index is 5.74. The third-order valence-corrected chi connectivity index (χ3v) is 3.43. The number of rotatable bonds is 1. The van der Waals surface area contributed by atoms with Crippen LogP contribution in [0, 0.1) is 0 Å². The summed E-state index contributed by atoms with van der Waals surface area (Å²) in [6.45, 7) is 0. The lowest BCUT2D eigenvalue weighted by atomic mass is 9.95. The molecule has 0 aliphatic rings. The fourth-order valence-corrected chi connectivity index (χ4v) is 2.35. The van der Waals surface area contributed by atoms with Crippen LogP contribution < -0.4 is 5.46 Å². The van der Waals surface area contributed by atoms with E-state index >= 15 is 0 Å². The number of hydrogen-bond donors (Lipinski definition) is 0. The van der Waals surface area contributed by atoms with E-state index in [1.54, 1.807) is 6.20 Å². The number of para-hydroxylation sites is 1. The van der Waals surface area contributed by atoms with E-state index in [1.165, 1.54) is 5.46 Å². The lowest BCUT2D eigenvalue weighted by Crippen LogP contribution is -2.00. The Morgan fingerprint density at radius 1 is 0.900 bits per heavy atom. The van der Waals surface area contributed by atoms with Crippen molar-refractivity contribution in [1.82, 2.24) is 9.97 Å². The van der Waals surface area contributed by atoms with Crippen molar-refractivity contribution in [2.45, 2.75) is 0 Å². The fraction of sp³-hybridized carbons (Fsp3) is 0. The molecule has 0 saturated carbocycles. The van der Waals surface area contributed by atoms with Gasteiger partial charge in [-0.15, -0.1) is 0 Å². The van der Waals surface area contributed by atoms with E-state index in [1.807, 2.05) is 36.4 Å². The van der Waals surface area contributed by atoms with Gasteiger partial charge in [0, 0.05) is 10.9 Å². The highest BCUT2D eigenvalue weighted by Crippen LogP contribution is 2.27. The number of nitrogens with zero attached hydrogens (tertiary/aromatic N) is 2. The molecule has 20 heavy (non-hydrogen) atoms. The quantitative estimate of drug-likeness (QED) is 0.492. The van der Waals surface area contributed by atoms with E-state index in [4.69, 9.17) is 4.42 Å². The van der Waals surface area contributed by atoms with Gasteiger partial charge >= 0.3 is 0 Å². The Morgan fingerprint density at radius 2 is 1.70 bits per heavy atom. The van der Waals surface area contributed by atoms with E-state index in [0.29, 0.717) is 0 Å². The molecule has 0 fully saturated rings. The largest absolute Gasteiger partial charge is 0.453 e. The summed E-state index contributed by atoms with van der Waals surface area (Å²) < 4.78 is 5.74. The number of fused-ring (bicyclic) bond motifs is 3. The summed E-state index contributed by atoms with van der Waals surface area (Å²) in [5.74, 6) is 0.726. The first kappa shape index (κ1) is 11.2. The summed E-state index contributed by atoms with van der Waals surface area (Å²) in [6, 6.07) is 16.1. The molecule has 0 unspecified atom stereocenters. The summed E-state index contributed by atoms with van der Waals surface area (Å²) in [5, 5.41) is 1.03. The average Bonchev–Trinajstić information content (AvgIpc) is 2.86. The van der Waals surface area contributed by atoms with Crippen molar-refractivity contribution in [2.24, 2.45) is 0 Å². The van der Waals surface area contributed by atoms with E-state index in [2.05, 4.69) is 29.9 Å². The van der Waals surface area contributed by atoms with E-state index in [-0.39, 0.29) is 0 Å². The molecule has 0 N–H and O–H groups in total. The maximum Gasteiger partial charge on any atom is 0.172 e. The Kier molecular flexibility index (Phi) is 2.36. The normalized spacial score (nSPS) is 11.2. The molecule has 4 rings (SSSR count). The van der Waals surface area contributed by atoms with Crippen molar-refractivity contribution in [3.63, 3.8) is 0 Å². The number of hydrogen-bond acceptors (Lipinski definition) is 3. The van der Waals surface area contributed by atoms with Gasteiger partial charge in [-0.05, 0) is 12.1 Å². The van der Waals surface area contributed by atoms with E-state index < -0.39 is 0 Å². The van der Waals surface area contributed by atoms with Crippen LogP contribution in [0.2, 0.25) is 0 Å². The monoisotopic (exact) mass is 258 g/mol. The van der Waals surface area contributed by atoms with Crippen LogP contribution in [0.3, 0.4) is 0 Å². The molecule has 0 atom stereocenters.